The number of halogens is 7. The fourth-order valence-electron chi connectivity index (χ4n) is 0. The Morgan fingerprint density at radius 3 is 0.300 bits per heavy atom. The largest absolute Gasteiger partial charge is 3.00 e. The average molecular weight is 472 g/mol. The molecule has 1 nitrogen and oxygen atoms in total. The summed E-state index contributed by atoms with van der Waals surface area (Å²) >= 11 is 0. The molecule has 0 saturated carbocycles. The van der Waals surface area contributed by atoms with Crippen molar-refractivity contribution < 1.29 is 126 Å². The summed E-state index contributed by atoms with van der Waals surface area (Å²) in [5, 5.41) is 0. The van der Waals surface area contributed by atoms with E-state index in [1.807, 2.05) is 0 Å². The molecule has 0 aliphatic heterocycles. The van der Waals surface area contributed by atoms with Crippen LogP contribution in [0.25, 0.3) is 0 Å². The van der Waals surface area contributed by atoms with Crippen LogP contribution in [0.5, 0.6) is 0 Å². The van der Waals surface area contributed by atoms with Crippen LogP contribution in [0.1, 0.15) is 0 Å². The minimum atomic E-state index is 0. The Hall–Kier alpha value is 3.24. The second-order valence-corrected chi connectivity index (χ2v) is 0. The van der Waals surface area contributed by atoms with E-state index in [1.54, 1.807) is 0 Å². The summed E-state index contributed by atoms with van der Waals surface area (Å²) in [6, 6.07) is 0. The molecule has 0 radical (unpaired) electrons. The number of rotatable bonds is 0. The van der Waals surface area contributed by atoms with Gasteiger partial charge < -0.3 is 93.0 Å². The van der Waals surface area contributed by atoms with Crippen molar-refractivity contribution in [1.29, 1.82) is 0 Å². The Labute approximate surface area is 130 Å². The van der Waals surface area contributed by atoms with Gasteiger partial charge in [-0.1, -0.05) is 0 Å². The molecule has 0 aliphatic carbocycles. The Morgan fingerprint density at radius 2 is 0.300 bits per heavy atom. The first kappa shape index (κ1) is 189. The maximum Gasteiger partial charge on any atom is 3.00 e. The van der Waals surface area contributed by atoms with Crippen molar-refractivity contribution in [1.82, 2.24) is 6.15 Å². The van der Waals surface area contributed by atoms with Crippen molar-refractivity contribution >= 4 is 0 Å². The summed E-state index contributed by atoms with van der Waals surface area (Å²) in [5.41, 5.74) is 0. The Balaban J connectivity index is 0. The van der Waals surface area contributed by atoms with Crippen LogP contribution in [0.4, 0.5) is 0 Å². The van der Waals surface area contributed by atoms with Crippen molar-refractivity contribution in [3.05, 3.63) is 0 Å². The van der Waals surface area contributed by atoms with Crippen LogP contribution in [0.2, 0.25) is 0 Å². The number of hydrogen-bond acceptors (Lipinski definition) is 0. The zero-order valence-electron chi connectivity index (χ0n) is 4.31. The number of hydrogen-bond donors (Lipinski definition) is 1. The van der Waals surface area contributed by atoms with Crippen LogP contribution in [0.3, 0.4) is 0 Å². The molecule has 76 valence electrons. The van der Waals surface area contributed by atoms with Crippen molar-refractivity contribution in [2.75, 3.05) is 0 Å². The molecule has 0 aromatic heterocycles. The van der Waals surface area contributed by atoms with Crippen molar-refractivity contribution in [3.8, 4) is 0 Å². The summed E-state index contributed by atoms with van der Waals surface area (Å²) in [5.74, 6) is 0. The normalized spacial score (nSPS) is 0. The average Bonchev–Trinajstić information content (AvgIpc) is 0. The summed E-state index contributed by atoms with van der Waals surface area (Å²) in [4.78, 5) is 0. The molecule has 0 aliphatic rings. The van der Waals surface area contributed by atoms with Crippen molar-refractivity contribution in [3.63, 3.8) is 0 Å². The molecule has 0 aromatic carbocycles. The number of quaternary nitrogens is 1. The molecule has 0 saturated heterocycles. The zero-order chi connectivity index (χ0) is 0. The van der Waals surface area contributed by atoms with Gasteiger partial charge in [0, 0.05) is 0 Å². The molecule has 0 spiro atoms. The van der Waals surface area contributed by atoms with Crippen molar-refractivity contribution in [2.24, 2.45) is 0 Å². The molecule has 4 N–H and O–H groups in total. The van der Waals surface area contributed by atoms with E-state index < -0.39 is 0 Å². The van der Waals surface area contributed by atoms with Gasteiger partial charge in [0.1, 0.15) is 0 Å². The topological polar surface area (TPSA) is 36.5 Å². The first-order valence-electron chi connectivity index (χ1n) is 0. The molecule has 0 aromatic rings. The molecule has 0 unspecified atom stereocenters. The zero-order valence-corrected chi connectivity index (χ0v) is 12.9. The van der Waals surface area contributed by atoms with Gasteiger partial charge in [-0.3, -0.25) is 0 Å². The third-order valence-electron chi connectivity index (χ3n) is 0. The summed E-state index contributed by atoms with van der Waals surface area (Å²) < 4.78 is 0. The quantitative estimate of drug-likeness (QED) is 0.341. The van der Waals surface area contributed by atoms with E-state index in [2.05, 4.69) is 0 Å². The van der Waals surface area contributed by atoms with Crippen LogP contribution in [-0.4, -0.2) is 0 Å². The van der Waals surface area contributed by atoms with Gasteiger partial charge in [-0.2, -0.15) is 0 Å². The standard InChI is InChI=1S/7ClH.H3N.2Rh/h7*1H;1H3;;/q;;;;;;;;2*+3/p-6. The molecule has 0 atom stereocenters. The fourth-order valence-corrected chi connectivity index (χ4v) is 0. The predicted octanol–water partition coefficient (Wildman–Crippen LogP) is -20.6. The van der Waals surface area contributed by atoms with E-state index in [0.29, 0.717) is 0 Å². The Bertz CT molecular complexity index is 11.6. The van der Waals surface area contributed by atoms with Gasteiger partial charge in [0.05, 0.1) is 0 Å². The van der Waals surface area contributed by atoms with E-state index in [0.717, 1.165) is 0 Å². The van der Waals surface area contributed by atoms with Crippen LogP contribution < -0.4 is 93.0 Å². The van der Waals surface area contributed by atoms with E-state index in [4.69, 9.17) is 0 Å². The molecule has 0 bridgehead atoms. The van der Waals surface area contributed by atoms with Gasteiger partial charge in [0.25, 0.3) is 0 Å². The molecular formula is H4Cl7NRh2. The third kappa shape index (κ3) is 112. The Kier molecular flexibility index (Phi) is 2790. The van der Waals surface area contributed by atoms with Gasteiger partial charge in [-0.25, -0.2) is 0 Å². The van der Waals surface area contributed by atoms with E-state index in [9.17, 15) is 0 Å². The van der Waals surface area contributed by atoms with Gasteiger partial charge in [0.15, 0.2) is 0 Å². The maximum atomic E-state index is 0. The first-order chi connectivity index (χ1) is 0. The minimum absolute atomic E-state index is 0. The molecule has 10 heavy (non-hydrogen) atoms. The monoisotopic (exact) mass is 469 g/mol. The first-order valence-corrected chi connectivity index (χ1v) is 0. The molecular weight excluding hydrogens is 468 g/mol. The van der Waals surface area contributed by atoms with Crippen LogP contribution in [-0.2, 0) is 39.0 Å². The predicted molar refractivity (Wildman–Crippen MR) is 5.98 cm³/mol. The van der Waals surface area contributed by atoms with Gasteiger partial charge in [-0.05, 0) is 0 Å². The Morgan fingerprint density at radius 1 is 0.300 bits per heavy atom. The third-order valence-corrected chi connectivity index (χ3v) is 0. The second-order valence-electron chi connectivity index (χ2n) is 0. The van der Waals surface area contributed by atoms with Gasteiger partial charge in [0.2, 0.25) is 0 Å². The van der Waals surface area contributed by atoms with Gasteiger partial charge >= 0.3 is 39.0 Å². The SMILES string of the molecule is [Cl-].[Cl-].[Cl-].[Cl-].[Cl-].[Cl-].[Cl-].[NH4+].[Rh+3].[Rh+3]. The van der Waals surface area contributed by atoms with E-state index in [1.165, 1.54) is 0 Å². The van der Waals surface area contributed by atoms with Crippen molar-refractivity contribution in [2.45, 2.75) is 0 Å². The van der Waals surface area contributed by atoms with Crippen LogP contribution >= 0.6 is 0 Å². The smallest absolute Gasteiger partial charge is 1.00 e. The maximum absolute atomic E-state index is 0. The molecule has 0 rings (SSSR count). The minimum Gasteiger partial charge on any atom is -1.00 e. The summed E-state index contributed by atoms with van der Waals surface area (Å²) in [7, 11) is 0. The fraction of sp³-hybridized carbons (Fsp3) is 0. The van der Waals surface area contributed by atoms with E-state index in [-0.39, 0.29) is 132 Å². The van der Waals surface area contributed by atoms with Crippen LogP contribution in [0, 0.1) is 0 Å². The summed E-state index contributed by atoms with van der Waals surface area (Å²) in [6.45, 7) is 0. The molecule has 0 amide bonds. The van der Waals surface area contributed by atoms with E-state index >= 15 is 0 Å². The molecule has 0 heterocycles. The summed E-state index contributed by atoms with van der Waals surface area (Å²) in [6.07, 6.45) is 0. The molecule has 10 heteroatoms. The second kappa shape index (κ2) is 147. The van der Waals surface area contributed by atoms with Gasteiger partial charge in [-0.15, -0.1) is 0 Å². The van der Waals surface area contributed by atoms with Crippen LogP contribution in [0.15, 0.2) is 0 Å². The molecule has 0 fully saturated rings.